The summed E-state index contributed by atoms with van der Waals surface area (Å²) in [5, 5.41) is 8.83. The topological polar surface area (TPSA) is 54.4 Å². The summed E-state index contributed by atoms with van der Waals surface area (Å²) in [5.74, 6) is -0.658. The van der Waals surface area contributed by atoms with Crippen molar-refractivity contribution in [2.24, 2.45) is 0 Å². The van der Waals surface area contributed by atoms with Gasteiger partial charge in [-0.2, -0.15) is 13.2 Å². The number of alkyl halides is 3. The van der Waals surface area contributed by atoms with E-state index in [2.05, 4.69) is 0 Å². The summed E-state index contributed by atoms with van der Waals surface area (Å²) in [4.78, 5) is 20.8. The van der Waals surface area contributed by atoms with Crippen LogP contribution in [0.25, 0.3) is 0 Å². The van der Waals surface area contributed by atoms with Crippen molar-refractivity contribution in [2.45, 2.75) is 25.6 Å². The number of rotatable bonds is 5. The number of aryl methyl sites for hydroxylation is 1. The largest absolute Gasteiger partial charge is 0.416 e. The van der Waals surface area contributed by atoms with Crippen LogP contribution in [0, 0.1) is 0 Å². The van der Waals surface area contributed by atoms with Gasteiger partial charge in [-0.3, -0.25) is 9.59 Å². The molecule has 0 radical (unpaired) electrons. The number of hydrogen-bond donors (Lipinski definition) is 1. The van der Waals surface area contributed by atoms with Gasteiger partial charge in [0.25, 0.3) is 0 Å². The first-order valence-corrected chi connectivity index (χ1v) is 5.16. The molecule has 0 aliphatic heterocycles. The summed E-state index contributed by atoms with van der Waals surface area (Å²) in [5.41, 5.74) is -0.830. The molecule has 1 N–H and O–H groups in total. The van der Waals surface area contributed by atoms with Gasteiger partial charge < -0.3 is 5.11 Å². The third-order valence-corrected chi connectivity index (χ3v) is 2.44. The molecule has 18 heavy (non-hydrogen) atoms. The second kappa shape index (κ2) is 5.77. The molecule has 1 aromatic carbocycles. The Morgan fingerprint density at radius 1 is 1.33 bits per heavy atom. The van der Waals surface area contributed by atoms with E-state index in [-0.39, 0.29) is 24.7 Å². The molecule has 1 rings (SSSR count). The van der Waals surface area contributed by atoms with Gasteiger partial charge in [-0.15, -0.1) is 0 Å². The highest BCUT2D eigenvalue weighted by Crippen LogP contribution is 2.33. The molecule has 98 valence electrons. The van der Waals surface area contributed by atoms with E-state index in [1.54, 1.807) is 0 Å². The SMILES string of the molecule is O=CC(=O)CCc1ccc(CO)c(C(F)(F)F)c1. The number of aldehydes is 1. The van der Waals surface area contributed by atoms with Gasteiger partial charge in [0.15, 0.2) is 12.1 Å². The van der Waals surface area contributed by atoms with Gasteiger partial charge in [-0.1, -0.05) is 12.1 Å². The first-order chi connectivity index (χ1) is 8.38. The highest BCUT2D eigenvalue weighted by Gasteiger charge is 2.33. The van der Waals surface area contributed by atoms with Crippen LogP contribution in [0.3, 0.4) is 0 Å². The maximum Gasteiger partial charge on any atom is 0.416 e. The molecular formula is C12H11F3O3. The lowest BCUT2D eigenvalue weighted by Gasteiger charge is -2.12. The second-order valence-corrected chi connectivity index (χ2v) is 3.73. The molecule has 0 heterocycles. The molecule has 0 atom stereocenters. The van der Waals surface area contributed by atoms with Crippen molar-refractivity contribution in [3.05, 3.63) is 34.9 Å². The zero-order chi connectivity index (χ0) is 13.8. The molecule has 0 fully saturated rings. The normalized spacial score (nSPS) is 11.3. The number of carbonyl (C=O) groups is 2. The van der Waals surface area contributed by atoms with Crippen LogP contribution in [0.1, 0.15) is 23.1 Å². The molecule has 0 spiro atoms. The van der Waals surface area contributed by atoms with Crippen LogP contribution >= 0.6 is 0 Å². The maximum atomic E-state index is 12.6. The van der Waals surface area contributed by atoms with Gasteiger partial charge in [-0.25, -0.2) is 0 Å². The summed E-state index contributed by atoms with van der Waals surface area (Å²) in [6.07, 6.45) is -4.47. The van der Waals surface area contributed by atoms with Crippen molar-refractivity contribution in [3.8, 4) is 0 Å². The Morgan fingerprint density at radius 3 is 2.50 bits per heavy atom. The van der Waals surface area contributed by atoms with E-state index in [4.69, 9.17) is 5.11 Å². The van der Waals surface area contributed by atoms with Crippen LogP contribution in [-0.4, -0.2) is 17.2 Å². The van der Waals surface area contributed by atoms with E-state index >= 15 is 0 Å². The summed E-state index contributed by atoms with van der Waals surface area (Å²) < 4.78 is 37.9. The fraction of sp³-hybridized carbons (Fsp3) is 0.333. The lowest BCUT2D eigenvalue weighted by molar-refractivity contribution is -0.138. The molecule has 0 aliphatic rings. The van der Waals surface area contributed by atoms with E-state index < -0.39 is 24.1 Å². The van der Waals surface area contributed by atoms with E-state index in [0.29, 0.717) is 5.56 Å². The van der Waals surface area contributed by atoms with Gasteiger partial charge in [0, 0.05) is 6.42 Å². The number of ketones is 1. The van der Waals surface area contributed by atoms with E-state index in [1.165, 1.54) is 12.1 Å². The number of halogens is 3. The smallest absolute Gasteiger partial charge is 0.392 e. The third-order valence-electron chi connectivity index (χ3n) is 2.44. The molecule has 6 heteroatoms. The van der Waals surface area contributed by atoms with Crippen molar-refractivity contribution in [1.29, 1.82) is 0 Å². The molecular weight excluding hydrogens is 249 g/mol. The van der Waals surface area contributed by atoms with Gasteiger partial charge in [0.1, 0.15) is 0 Å². The lowest BCUT2D eigenvalue weighted by atomic mass is 10.0. The Labute approximate surface area is 101 Å². The molecule has 0 aromatic heterocycles. The van der Waals surface area contributed by atoms with Gasteiger partial charge in [0.2, 0.25) is 0 Å². The molecule has 0 amide bonds. The number of aliphatic hydroxyl groups is 1. The molecule has 1 aromatic rings. The van der Waals surface area contributed by atoms with Gasteiger partial charge >= 0.3 is 6.18 Å². The van der Waals surface area contributed by atoms with Gasteiger partial charge in [0.05, 0.1) is 12.2 Å². The fourth-order valence-corrected chi connectivity index (χ4v) is 1.51. The van der Waals surface area contributed by atoms with Crippen molar-refractivity contribution in [3.63, 3.8) is 0 Å². The quantitative estimate of drug-likeness (QED) is 0.649. The Kier molecular flexibility index (Phi) is 4.61. The third kappa shape index (κ3) is 3.66. The summed E-state index contributed by atoms with van der Waals surface area (Å²) in [7, 11) is 0. The van der Waals surface area contributed by atoms with E-state index in [9.17, 15) is 22.8 Å². The van der Waals surface area contributed by atoms with E-state index in [0.717, 1.165) is 6.07 Å². The first kappa shape index (κ1) is 14.4. The van der Waals surface area contributed by atoms with Crippen LogP contribution in [0.4, 0.5) is 13.2 Å². The van der Waals surface area contributed by atoms with Crippen molar-refractivity contribution in [2.75, 3.05) is 0 Å². The molecule has 0 saturated heterocycles. The summed E-state index contributed by atoms with van der Waals surface area (Å²) in [6.45, 7) is -0.706. The summed E-state index contributed by atoms with van der Waals surface area (Å²) in [6, 6.07) is 3.46. The Morgan fingerprint density at radius 2 is 2.00 bits per heavy atom. The van der Waals surface area contributed by atoms with Crippen LogP contribution in [0.5, 0.6) is 0 Å². The Hall–Kier alpha value is -1.69. The van der Waals surface area contributed by atoms with Crippen LogP contribution < -0.4 is 0 Å². The van der Waals surface area contributed by atoms with Crippen molar-refractivity contribution < 1.29 is 27.9 Å². The van der Waals surface area contributed by atoms with Crippen LogP contribution in [-0.2, 0) is 28.8 Å². The molecule has 0 aliphatic carbocycles. The minimum atomic E-state index is -4.55. The lowest BCUT2D eigenvalue weighted by Crippen LogP contribution is -2.10. The standard InChI is InChI=1S/C12H11F3O3/c13-12(14,15)11-5-8(1-3-9(11)6-16)2-4-10(18)7-17/h1,3,5,7,16H,2,4,6H2. The minimum absolute atomic E-state index is 0.0619. The van der Waals surface area contributed by atoms with E-state index in [1.807, 2.05) is 0 Å². The predicted molar refractivity (Wildman–Crippen MR) is 56.8 cm³/mol. The number of benzene rings is 1. The molecule has 0 saturated carbocycles. The monoisotopic (exact) mass is 260 g/mol. The van der Waals surface area contributed by atoms with Crippen molar-refractivity contribution >= 4 is 12.1 Å². The minimum Gasteiger partial charge on any atom is -0.392 e. The fourth-order valence-electron chi connectivity index (χ4n) is 1.51. The van der Waals surface area contributed by atoms with Crippen LogP contribution in [0.2, 0.25) is 0 Å². The number of Topliss-reactive ketones (excluding diaryl/α,β-unsaturated/α-hetero) is 1. The zero-order valence-electron chi connectivity index (χ0n) is 9.33. The molecule has 0 bridgehead atoms. The highest BCUT2D eigenvalue weighted by atomic mass is 19.4. The number of hydrogen-bond acceptors (Lipinski definition) is 3. The zero-order valence-corrected chi connectivity index (χ0v) is 9.33. The average Bonchev–Trinajstić information content (AvgIpc) is 2.34. The Balaban J connectivity index is 2.96. The summed E-state index contributed by atoms with van der Waals surface area (Å²) >= 11 is 0. The Bertz CT molecular complexity index is 452. The average molecular weight is 260 g/mol. The molecule has 3 nitrogen and oxygen atoms in total. The number of carbonyl (C=O) groups excluding carboxylic acids is 2. The van der Waals surface area contributed by atoms with Crippen LogP contribution in [0.15, 0.2) is 18.2 Å². The number of aliphatic hydroxyl groups excluding tert-OH is 1. The maximum absolute atomic E-state index is 12.6. The second-order valence-electron chi connectivity index (χ2n) is 3.73. The highest BCUT2D eigenvalue weighted by molar-refractivity contribution is 6.24. The first-order valence-electron chi connectivity index (χ1n) is 5.16. The van der Waals surface area contributed by atoms with Crippen molar-refractivity contribution in [1.82, 2.24) is 0 Å². The van der Waals surface area contributed by atoms with Gasteiger partial charge in [-0.05, 0) is 23.6 Å². The molecule has 0 unspecified atom stereocenters. The predicted octanol–water partition coefficient (Wildman–Crippen LogP) is 1.90.